The second kappa shape index (κ2) is 7.83. The van der Waals surface area contributed by atoms with Gasteiger partial charge in [-0.25, -0.2) is 0 Å². The molecule has 2 nitrogen and oxygen atoms in total. The van der Waals surface area contributed by atoms with E-state index in [0.717, 1.165) is 5.75 Å². The minimum Gasteiger partial charge on any atom is -0.468 e. The predicted octanol–water partition coefficient (Wildman–Crippen LogP) is 6.04. The average Bonchev–Trinajstić information content (AvgIpc) is 2.61. The van der Waals surface area contributed by atoms with E-state index in [9.17, 15) is 0 Å². The molecular formula is C21H28O2. The lowest BCUT2D eigenvalue weighted by Gasteiger charge is -2.22. The van der Waals surface area contributed by atoms with Crippen LogP contribution in [0, 0.1) is 0 Å². The van der Waals surface area contributed by atoms with Gasteiger partial charge in [-0.3, -0.25) is 0 Å². The van der Waals surface area contributed by atoms with E-state index < -0.39 is 0 Å². The van der Waals surface area contributed by atoms with Gasteiger partial charge in [0.05, 0.1) is 6.10 Å². The van der Waals surface area contributed by atoms with Crippen LogP contribution < -0.4 is 4.74 Å². The molecule has 0 aliphatic heterocycles. The third kappa shape index (κ3) is 4.26. The Kier molecular flexibility index (Phi) is 5.56. The highest BCUT2D eigenvalue weighted by Gasteiger charge is 2.13. The predicted molar refractivity (Wildman–Crippen MR) is 96.1 cm³/mol. The lowest BCUT2D eigenvalue weighted by Crippen LogP contribution is -2.19. The standard InChI is InChI=1S/C21H28O2/c1-3-16(2)17-9-10-19-14-21(12-11-18(19)13-17)23-15-22-20-7-5-4-6-8-20/h9-14,16,20H,3-8,15H2,1-2H3. The van der Waals surface area contributed by atoms with Gasteiger partial charge in [0.1, 0.15) is 5.75 Å². The van der Waals surface area contributed by atoms with E-state index in [4.69, 9.17) is 9.47 Å². The van der Waals surface area contributed by atoms with Crippen molar-refractivity contribution in [3.05, 3.63) is 42.0 Å². The summed E-state index contributed by atoms with van der Waals surface area (Å²) in [6.07, 6.45) is 7.86. The highest BCUT2D eigenvalue weighted by Crippen LogP contribution is 2.27. The maximum atomic E-state index is 5.84. The first-order valence-electron chi connectivity index (χ1n) is 9.04. The molecule has 0 aromatic heterocycles. The largest absolute Gasteiger partial charge is 0.468 e. The van der Waals surface area contributed by atoms with Crippen molar-refractivity contribution >= 4 is 10.8 Å². The molecule has 1 fully saturated rings. The monoisotopic (exact) mass is 312 g/mol. The fourth-order valence-corrected chi connectivity index (χ4v) is 3.30. The molecule has 23 heavy (non-hydrogen) atoms. The Labute approximate surface area is 139 Å². The Bertz CT molecular complexity index is 629. The zero-order valence-corrected chi connectivity index (χ0v) is 14.4. The van der Waals surface area contributed by atoms with Crippen LogP contribution in [0.1, 0.15) is 63.9 Å². The first-order valence-corrected chi connectivity index (χ1v) is 9.04. The van der Waals surface area contributed by atoms with E-state index in [-0.39, 0.29) is 0 Å². The number of rotatable bonds is 6. The van der Waals surface area contributed by atoms with E-state index in [1.807, 2.05) is 6.07 Å². The van der Waals surface area contributed by atoms with Gasteiger partial charge in [0.15, 0.2) is 6.79 Å². The van der Waals surface area contributed by atoms with E-state index in [1.165, 1.54) is 54.9 Å². The van der Waals surface area contributed by atoms with Gasteiger partial charge in [-0.2, -0.15) is 0 Å². The first-order chi connectivity index (χ1) is 11.3. The molecule has 0 saturated heterocycles. The van der Waals surface area contributed by atoms with Gasteiger partial charge in [0.2, 0.25) is 0 Å². The van der Waals surface area contributed by atoms with Gasteiger partial charge in [-0.1, -0.05) is 57.4 Å². The molecule has 0 spiro atoms. The van der Waals surface area contributed by atoms with Crippen LogP contribution in [0.15, 0.2) is 36.4 Å². The van der Waals surface area contributed by atoms with Crippen molar-refractivity contribution < 1.29 is 9.47 Å². The number of hydrogen-bond donors (Lipinski definition) is 0. The van der Waals surface area contributed by atoms with Crippen LogP contribution in [-0.2, 0) is 4.74 Å². The lowest BCUT2D eigenvalue weighted by molar-refractivity contribution is -0.0496. The quantitative estimate of drug-likeness (QED) is 0.605. The van der Waals surface area contributed by atoms with Crippen molar-refractivity contribution in [1.82, 2.24) is 0 Å². The molecule has 2 heteroatoms. The SMILES string of the molecule is CCC(C)c1ccc2cc(OCOC3CCCCC3)ccc2c1. The number of ether oxygens (including phenoxy) is 2. The number of fused-ring (bicyclic) bond motifs is 1. The first kappa shape index (κ1) is 16.3. The van der Waals surface area contributed by atoms with Crippen molar-refractivity contribution in [2.75, 3.05) is 6.79 Å². The summed E-state index contributed by atoms with van der Waals surface area (Å²) >= 11 is 0. The zero-order valence-electron chi connectivity index (χ0n) is 14.4. The van der Waals surface area contributed by atoms with E-state index in [1.54, 1.807) is 0 Å². The normalized spacial score (nSPS) is 17.3. The van der Waals surface area contributed by atoms with Crippen molar-refractivity contribution in [3.63, 3.8) is 0 Å². The van der Waals surface area contributed by atoms with Crippen LogP contribution in [0.4, 0.5) is 0 Å². The molecular weight excluding hydrogens is 284 g/mol. The molecule has 0 amide bonds. The Morgan fingerprint density at radius 1 is 1.00 bits per heavy atom. The topological polar surface area (TPSA) is 18.5 Å². The molecule has 1 aliphatic rings. The second-order valence-corrected chi connectivity index (χ2v) is 6.77. The second-order valence-electron chi connectivity index (χ2n) is 6.77. The van der Waals surface area contributed by atoms with Crippen LogP contribution in [0.3, 0.4) is 0 Å². The Balaban J connectivity index is 1.61. The van der Waals surface area contributed by atoms with Gasteiger partial charge in [0, 0.05) is 0 Å². The molecule has 1 atom stereocenters. The third-order valence-electron chi connectivity index (χ3n) is 5.10. The fourth-order valence-electron chi connectivity index (χ4n) is 3.30. The Hall–Kier alpha value is -1.54. The molecule has 2 aromatic rings. The zero-order chi connectivity index (χ0) is 16.1. The minimum atomic E-state index is 0.362. The van der Waals surface area contributed by atoms with Gasteiger partial charge < -0.3 is 9.47 Å². The van der Waals surface area contributed by atoms with Crippen molar-refractivity contribution in [3.8, 4) is 5.75 Å². The molecule has 2 aromatic carbocycles. The molecule has 0 radical (unpaired) electrons. The van der Waals surface area contributed by atoms with Gasteiger partial charge in [0.25, 0.3) is 0 Å². The summed E-state index contributed by atoms with van der Waals surface area (Å²) in [5.74, 6) is 1.50. The Morgan fingerprint density at radius 3 is 2.52 bits per heavy atom. The van der Waals surface area contributed by atoms with Crippen molar-refractivity contribution in [2.24, 2.45) is 0 Å². The van der Waals surface area contributed by atoms with Gasteiger partial charge in [-0.05, 0) is 53.6 Å². The molecule has 1 aliphatic carbocycles. The maximum Gasteiger partial charge on any atom is 0.189 e. The summed E-state index contributed by atoms with van der Waals surface area (Å²) in [6.45, 7) is 4.88. The lowest BCUT2D eigenvalue weighted by atomic mass is 9.96. The summed E-state index contributed by atoms with van der Waals surface area (Å²) in [5, 5.41) is 2.51. The van der Waals surface area contributed by atoms with Crippen LogP contribution in [0.2, 0.25) is 0 Å². The van der Waals surface area contributed by atoms with Crippen LogP contribution in [0.25, 0.3) is 10.8 Å². The number of benzene rings is 2. The van der Waals surface area contributed by atoms with Gasteiger partial charge in [-0.15, -0.1) is 0 Å². The Morgan fingerprint density at radius 2 is 1.74 bits per heavy atom. The molecule has 1 saturated carbocycles. The fraction of sp³-hybridized carbons (Fsp3) is 0.524. The smallest absolute Gasteiger partial charge is 0.189 e. The molecule has 0 N–H and O–H groups in total. The minimum absolute atomic E-state index is 0.362. The van der Waals surface area contributed by atoms with E-state index in [0.29, 0.717) is 18.8 Å². The molecule has 3 rings (SSSR count). The maximum absolute atomic E-state index is 5.84. The molecule has 1 unspecified atom stereocenters. The molecule has 124 valence electrons. The molecule has 0 bridgehead atoms. The van der Waals surface area contributed by atoms with Crippen LogP contribution in [-0.4, -0.2) is 12.9 Å². The van der Waals surface area contributed by atoms with Crippen LogP contribution >= 0.6 is 0 Å². The third-order valence-corrected chi connectivity index (χ3v) is 5.10. The summed E-state index contributed by atoms with van der Waals surface area (Å²) in [7, 11) is 0. The highest BCUT2D eigenvalue weighted by molar-refractivity contribution is 5.84. The summed E-state index contributed by atoms with van der Waals surface area (Å²) < 4.78 is 11.6. The van der Waals surface area contributed by atoms with E-state index >= 15 is 0 Å². The van der Waals surface area contributed by atoms with Crippen molar-refractivity contribution in [2.45, 2.75) is 64.4 Å². The summed E-state index contributed by atoms with van der Waals surface area (Å²) in [4.78, 5) is 0. The van der Waals surface area contributed by atoms with Crippen LogP contribution in [0.5, 0.6) is 5.75 Å². The van der Waals surface area contributed by atoms with Crippen molar-refractivity contribution in [1.29, 1.82) is 0 Å². The van der Waals surface area contributed by atoms with E-state index in [2.05, 4.69) is 44.2 Å². The van der Waals surface area contributed by atoms with Gasteiger partial charge >= 0.3 is 0 Å². The summed E-state index contributed by atoms with van der Waals surface area (Å²) in [6, 6.07) is 13.0. The summed E-state index contributed by atoms with van der Waals surface area (Å²) in [5.41, 5.74) is 1.41. The average molecular weight is 312 g/mol. The molecule has 0 heterocycles. The highest BCUT2D eigenvalue weighted by atomic mass is 16.7. The number of hydrogen-bond acceptors (Lipinski definition) is 2.